The van der Waals surface area contributed by atoms with E-state index in [1.807, 2.05) is 15.6 Å². The van der Waals surface area contributed by atoms with Gasteiger partial charge in [0, 0.05) is 49.1 Å². The van der Waals surface area contributed by atoms with Crippen LogP contribution in [0.5, 0.6) is 5.75 Å². The van der Waals surface area contributed by atoms with Gasteiger partial charge in [0.05, 0.1) is 42.3 Å². The second-order valence-corrected chi connectivity index (χ2v) is 15.2. The number of anilines is 2. The maximum absolute atomic E-state index is 13.3. The Kier molecular flexibility index (Phi) is 11.9. The molecule has 0 radical (unpaired) electrons. The topological polar surface area (TPSA) is 173 Å². The van der Waals surface area contributed by atoms with Crippen molar-refractivity contribution in [2.24, 2.45) is 7.05 Å². The van der Waals surface area contributed by atoms with Crippen molar-refractivity contribution in [1.29, 1.82) is 0 Å². The number of fused-ring (bicyclic) bond motifs is 1. The fourth-order valence-corrected chi connectivity index (χ4v) is 6.48. The lowest BCUT2D eigenvalue weighted by Crippen LogP contribution is -2.21. The maximum Gasteiger partial charge on any atom is 0.355 e. The zero-order chi connectivity index (χ0) is 36.8. The van der Waals surface area contributed by atoms with Crippen LogP contribution in [0.1, 0.15) is 37.7 Å². The summed E-state index contributed by atoms with van der Waals surface area (Å²) in [4.78, 5) is 4.42. The molecule has 0 aliphatic rings. The van der Waals surface area contributed by atoms with Crippen molar-refractivity contribution in [1.82, 2.24) is 24.5 Å². The fraction of sp³-hybridized carbons (Fsp3) is 0.364. The summed E-state index contributed by atoms with van der Waals surface area (Å²) in [7, 11) is -6.68. The molecule has 0 spiro atoms. The van der Waals surface area contributed by atoms with Crippen LogP contribution in [0.15, 0.2) is 61.1 Å². The first-order valence-corrected chi connectivity index (χ1v) is 19.4. The molecule has 0 saturated heterocycles. The average molecular weight is 750 g/mol. The van der Waals surface area contributed by atoms with E-state index in [0.29, 0.717) is 41.5 Å². The molecule has 0 saturated carbocycles. The Morgan fingerprint density at radius 3 is 2.39 bits per heavy atom. The molecule has 274 valence electrons. The fourth-order valence-electron chi connectivity index (χ4n) is 5.49. The first kappa shape index (κ1) is 37.6. The smallest absolute Gasteiger partial charge is 0.355 e. The number of sulfonamides is 1. The monoisotopic (exact) mass is 749 g/mol. The van der Waals surface area contributed by atoms with Gasteiger partial charge in [0.15, 0.2) is 0 Å². The summed E-state index contributed by atoms with van der Waals surface area (Å²) < 4.78 is 102. The van der Waals surface area contributed by atoms with E-state index >= 15 is 0 Å². The number of halogens is 3. The number of unbranched alkanes of at least 4 members (excludes halogenated alkanes) is 4. The van der Waals surface area contributed by atoms with Crippen molar-refractivity contribution in [2.75, 3.05) is 29.9 Å². The maximum atomic E-state index is 13.3. The van der Waals surface area contributed by atoms with E-state index in [0.717, 1.165) is 48.6 Å². The number of nitrogens with one attached hydrogen (secondary N) is 1. The molecular formula is C33H38F3N7O6S2. The van der Waals surface area contributed by atoms with Crippen molar-refractivity contribution in [3.05, 3.63) is 72.4 Å². The minimum Gasteiger partial charge on any atom is -0.491 e. The number of pyridine rings is 1. The van der Waals surface area contributed by atoms with Gasteiger partial charge in [0.1, 0.15) is 23.1 Å². The third-order valence-electron chi connectivity index (χ3n) is 7.97. The summed E-state index contributed by atoms with van der Waals surface area (Å²) >= 11 is 0. The largest absolute Gasteiger partial charge is 0.491 e. The predicted octanol–water partition coefficient (Wildman–Crippen LogP) is 5.73. The van der Waals surface area contributed by atoms with Crippen molar-refractivity contribution in [2.45, 2.75) is 50.8 Å². The second kappa shape index (κ2) is 16.1. The van der Waals surface area contributed by atoms with Crippen LogP contribution >= 0.6 is 0 Å². The molecule has 0 bridgehead atoms. The second-order valence-electron chi connectivity index (χ2n) is 11.9. The van der Waals surface area contributed by atoms with Gasteiger partial charge < -0.3 is 10.5 Å². The van der Waals surface area contributed by atoms with E-state index in [4.69, 9.17) is 19.8 Å². The molecule has 51 heavy (non-hydrogen) atoms. The van der Waals surface area contributed by atoms with Gasteiger partial charge in [0.25, 0.3) is 20.1 Å². The number of nitrogen functional groups attached to an aromatic ring is 1. The Labute approximate surface area is 293 Å². The van der Waals surface area contributed by atoms with E-state index in [1.165, 1.54) is 30.3 Å². The Bertz CT molecular complexity index is 2190. The number of benzene rings is 2. The standard InChI is InChI=1S/C33H38F3N7O6S2/c1-42-31-26(24-19-39-43(21-24)15-6-4-3-5-7-16-49-50(2,44)45)20-38-32(37)29(31)30(40-42)23-10-13-27(41-51(46,47)33(35)36)28(18-23)48-17-14-22-8-11-25(34)12-9-22/h8-13,18-21,33,41H,3-7,14-17H2,1-2H3,(H2,37,38). The molecule has 3 heterocycles. The molecule has 0 unspecified atom stereocenters. The number of hydrogen-bond acceptors (Lipinski definition) is 10. The molecule has 0 fully saturated rings. The van der Waals surface area contributed by atoms with Gasteiger partial charge in [-0.2, -0.15) is 27.4 Å². The van der Waals surface area contributed by atoms with Gasteiger partial charge in [-0.05, 0) is 42.7 Å². The summed E-state index contributed by atoms with van der Waals surface area (Å²) in [5, 5.41) is 9.73. The van der Waals surface area contributed by atoms with E-state index in [9.17, 15) is 30.0 Å². The molecular weight excluding hydrogens is 712 g/mol. The summed E-state index contributed by atoms with van der Waals surface area (Å²) in [5.74, 6) is -3.90. The van der Waals surface area contributed by atoms with Crippen LogP contribution in [0.2, 0.25) is 0 Å². The molecule has 0 aliphatic carbocycles. The zero-order valence-electron chi connectivity index (χ0n) is 27.9. The number of nitrogens with two attached hydrogens (primary N) is 1. The van der Waals surface area contributed by atoms with Crippen LogP contribution < -0.4 is 15.2 Å². The number of aryl methyl sites for hydroxylation is 2. The van der Waals surface area contributed by atoms with Crippen molar-refractivity contribution in [3.63, 3.8) is 0 Å². The van der Waals surface area contributed by atoms with Gasteiger partial charge >= 0.3 is 5.76 Å². The Morgan fingerprint density at radius 2 is 1.67 bits per heavy atom. The number of hydrogen-bond donors (Lipinski definition) is 2. The zero-order valence-corrected chi connectivity index (χ0v) is 29.6. The molecule has 0 atom stereocenters. The van der Waals surface area contributed by atoms with E-state index in [-0.39, 0.29) is 30.5 Å². The highest BCUT2D eigenvalue weighted by atomic mass is 32.2. The number of aromatic nitrogens is 5. The number of nitrogens with zero attached hydrogens (tertiary/aromatic N) is 5. The van der Waals surface area contributed by atoms with Crippen LogP contribution in [0.3, 0.4) is 0 Å². The highest BCUT2D eigenvalue weighted by Crippen LogP contribution is 2.39. The molecule has 2 aromatic carbocycles. The molecule has 3 aromatic heterocycles. The number of rotatable bonds is 18. The molecule has 0 aliphatic heterocycles. The number of alkyl halides is 2. The normalized spacial score (nSPS) is 12.2. The third kappa shape index (κ3) is 9.77. The Balaban J connectivity index is 1.36. The van der Waals surface area contributed by atoms with Crippen LogP contribution in [-0.4, -0.2) is 66.6 Å². The molecule has 13 nitrogen and oxygen atoms in total. The van der Waals surface area contributed by atoms with E-state index in [2.05, 4.69) is 10.1 Å². The van der Waals surface area contributed by atoms with Gasteiger partial charge in [0.2, 0.25) is 0 Å². The van der Waals surface area contributed by atoms with Crippen LogP contribution in [0.4, 0.5) is 24.7 Å². The Hall–Kier alpha value is -4.68. The van der Waals surface area contributed by atoms with Crippen molar-refractivity contribution < 1.29 is 38.9 Å². The average Bonchev–Trinajstić information content (AvgIpc) is 3.68. The summed E-state index contributed by atoms with van der Waals surface area (Å²) in [6.07, 6.45) is 10.9. The van der Waals surface area contributed by atoms with Crippen LogP contribution in [0.25, 0.3) is 33.3 Å². The van der Waals surface area contributed by atoms with E-state index in [1.54, 1.807) is 36.3 Å². The quantitative estimate of drug-likeness (QED) is 0.0832. The molecule has 18 heteroatoms. The van der Waals surface area contributed by atoms with Crippen LogP contribution in [-0.2, 0) is 44.3 Å². The third-order valence-corrected chi connectivity index (χ3v) is 9.54. The first-order valence-electron chi connectivity index (χ1n) is 16.0. The first-order chi connectivity index (χ1) is 24.2. The Morgan fingerprint density at radius 1 is 0.941 bits per heavy atom. The van der Waals surface area contributed by atoms with E-state index < -0.39 is 31.7 Å². The molecule has 0 amide bonds. The lowest BCUT2D eigenvalue weighted by Gasteiger charge is -2.15. The molecule has 5 aromatic rings. The van der Waals surface area contributed by atoms with Gasteiger partial charge in [-0.1, -0.05) is 37.5 Å². The highest BCUT2D eigenvalue weighted by molar-refractivity contribution is 7.93. The van der Waals surface area contributed by atoms with Crippen molar-refractivity contribution >= 4 is 42.5 Å². The lowest BCUT2D eigenvalue weighted by molar-refractivity contribution is 0.236. The van der Waals surface area contributed by atoms with Crippen molar-refractivity contribution in [3.8, 4) is 28.1 Å². The number of ether oxygens (including phenoxy) is 1. The minimum absolute atomic E-state index is 0.0242. The highest BCUT2D eigenvalue weighted by Gasteiger charge is 2.26. The van der Waals surface area contributed by atoms with Crippen LogP contribution in [0, 0.1) is 5.82 Å². The predicted molar refractivity (Wildman–Crippen MR) is 188 cm³/mol. The molecule has 3 N–H and O–H groups in total. The SMILES string of the molecule is Cn1nc(-c2ccc(NS(=O)(=O)C(F)F)c(OCCc3ccc(F)cc3)c2)c2c(N)ncc(-c3cnn(CCCCCCCOS(C)(=O)=O)c3)c21. The summed E-state index contributed by atoms with van der Waals surface area (Å²) in [6, 6.07) is 10.1. The molecule has 5 rings (SSSR count). The lowest BCUT2D eigenvalue weighted by atomic mass is 10.0. The van der Waals surface area contributed by atoms with Gasteiger partial charge in [-0.3, -0.25) is 18.3 Å². The summed E-state index contributed by atoms with van der Waals surface area (Å²) in [5.41, 5.74) is 9.97. The summed E-state index contributed by atoms with van der Waals surface area (Å²) in [6.45, 7) is 0.885. The van der Waals surface area contributed by atoms with Gasteiger partial charge in [-0.15, -0.1) is 0 Å². The minimum atomic E-state index is -5.01. The van der Waals surface area contributed by atoms with Gasteiger partial charge in [-0.25, -0.2) is 17.8 Å².